The van der Waals surface area contributed by atoms with Crippen LogP contribution < -0.4 is 5.19 Å². The minimum absolute atomic E-state index is 0. The minimum Gasteiger partial charge on any atom is -0.486 e. The molecule has 4 aromatic heterocycles. The third kappa shape index (κ3) is 8.64. The fourth-order valence-electron chi connectivity index (χ4n) is 5.92. The summed E-state index contributed by atoms with van der Waals surface area (Å²) in [7, 11) is -1.78. The van der Waals surface area contributed by atoms with E-state index >= 15 is 0 Å². The molecule has 0 amide bonds. The summed E-state index contributed by atoms with van der Waals surface area (Å²) in [4.78, 5) is 13.9. The van der Waals surface area contributed by atoms with Gasteiger partial charge in [0.1, 0.15) is 0 Å². The number of aryl methyl sites for hydroxylation is 2. The van der Waals surface area contributed by atoms with Crippen LogP contribution in [0, 0.1) is 31.8 Å². The van der Waals surface area contributed by atoms with Gasteiger partial charge in [-0.1, -0.05) is 126 Å². The fraction of sp³-hybridized carbons (Fsp3) is 0.267. The van der Waals surface area contributed by atoms with Crippen LogP contribution in [0.2, 0.25) is 19.6 Å². The monoisotopic (exact) mass is 872 g/mol. The van der Waals surface area contributed by atoms with E-state index < -0.39 is 27.2 Å². The van der Waals surface area contributed by atoms with Crippen LogP contribution in [0.4, 0.5) is 0 Å². The average Bonchev–Trinajstić information content (AvgIpc) is 3.54. The molecule has 263 valence electrons. The molecule has 7 rings (SSSR count). The zero-order valence-corrected chi connectivity index (χ0v) is 33.8. The molecule has 0 unspecified atom stereocenters. The van der Waals surface area contributed by atoms with Crippen LogP contribution in [-0.4, -0.2) is 23.0 Å². The van der Waals surface area contributed by atoms with Gasteiger partial charge in [-0.05, 0) is 53.0 Å². The van der Waals surface area contributed by atoms with Gasteiger partial charge in [-0.3, -0.25) is 0 Å². The molecule has 0 aliphatic rings. The van der Waals surface area contributed by atoms with Crippen LogP contribution in [-0.2, 0) is 26.5 Å². The Hall–Kier alpha value is -4.22. The summed E-state index contributed by atoms with van der Waals surface area (Å²) in [5.41, 5.74) is 8.99. The Morgan fingerprint density at radius 1 is 0.882 bits per heavy atom. The number of furan rings is 1. The van der Waals surface area contributed by atoms with E-state index in [0.29, 0.717) is 22.5 Å². The summed E-state index contributed by atoms with van der Waals surface area (Å²) in [5.74, 6) is -0.878. The van der Waals surface area contributed by atoms with Gasteiger partial charge in [0.15, 0.2) is 0 Å². The molecular weight excluding hydrogens is 819 g/mol. The summed E-state index contributed by atoms with van der Waals surface area (Å²) in [6.45, 7) is 13.9. The zero-order valence-electron chi connectivity index (χ0n) is 36.4. The first-order valence-corrected chi connectivity index (χ1v) is 20.5. The molecule has 0 N–H and O–H groups in total. The van der Waals surface area contributed by atoms with Gasteiger partial charge in [0.2, 0.25) is 5.71 Å². The van der Waals surface area contributed by atoms with E-state index in [-0.39, 0.29) is 31.6 Å². The number of benzene rings is 3. The quantitative estimate of drug-likeness (QED) is 0.118. The second-order valence-corrected chi connectivity index (χ2v) is 19.2. The molecule has 0 saturated heterocycles. The Morgan fingerprint density at radius 3 is 2.33 bits per heavy atom. The predicted molar refractivity (Wildman–Crippen MR) is 213 cm³/mol. The summed E-state index contributed by atoms with van der Waals surface area (Å²) in [6, 6.07) is 32.8. The Labute approximate surface area is 326 Å². The second-order valence-electron chi connectivity index (χ2n) is 14.2. The molecule has 7 aromatic rings. The molecule has 51 heavy (non-hydrogen) atoms. The smallest absolute Gasteiger partial charge is 0.216 e. The third-order valence-corrected chi connectivity index (χ3v) is 10.5. The molecule has 0 aliphatic carbocycles. The van der Waals surface area contributed by atoms with Crippen molar-refractivity contribution in [3.05, 3.63) is 132 Å². The molecule has 0 bridgehead atoms. The van der Waals surface area contributed by atoms with Gasteiger partial charge in [0.25, 0.3) is 0 Å². The molecule has 0 fully saturated rings. The summed E-state index contributed by atoms with van der Waals surface area (Å²) >= 11 is 0. The van der Waals surface area contributed by atoms with Crippen molar-refractivity contribution in [3.8, 4) is 33.8 Å². The van der Waals surface area contributed by atoms with Crippen molar-refractivity contribution in [3.63, 3.8) is 0 Å². The maximum absolute atomic E-state index is 8.59. The van der Waals surface area contributed by atoms with E-state index in [0.717, 1.165) is 55.2 Å². The maximum Gasteiger partial charge on any atom is 0.216 e. The van der Waals surface area contributed by atoms with Crippen LogP contribution in [0.5, 0.6) is 0 Å². The Morgan fingerprint density at radius 2 is 1.67 bits per heavy atom. The Balaban J connectivity index is 0.000000217. The van der Waals surface area contributed by atoms with E-state index in [1.165, 1.54) is 6.07 Å². The SMILES string of the molecule is [2H]C(C)(C)c1ccnc(-c2[c-]cc(C)c3c2oc2nc(-c4ccccc4)ccc23)c1.[2H]C([2H])([2H])c1c[c-]c(-c2cc(C([2H])([2H])C(C)C)c([Si](C)(C)C)cn2)cc1.[Ir]. The van der Waals surface area contributed by atoms with Gasteiger partial charge in [-0.25, -0.2) is 4.98 Å². The summed E-state index contributed by atoms with van der Waals surface area (Å²) < 4.78 is 54.2. The standard InChI is InChI=1S/C26H21N2O.C19H26NSi.Ir/c1-16(2)19-13-14-27-23(15-19)20-10-9-17(3)24-21-11-12-22(18-7-5-4-6-8-18)28-26(21)29-25(20)24;1-14(2)11-17-12-18(16-9-7-15(3)8-10-16)20-13-19(17)21(4,5)6;/h4-9,11-16H,1-3H3;7-9,12-14H,11H2,1-6H3;/q2*-1;/i16D;3D3,11D2;. The van der Waals surface area contributed by atoms with E-state index in [1.54, 1.807) is 24.5 Å². The molecule has 4 nitrogen and oxygen atoms in total. The average molecular weight is 872 g/mol. The van der Waals surface area contributed by atoms with Crippen molar-refractivity contribution in [1.82, 2.24) is 15.0 Å². The molecule has 1 radical (unpaired) electrons. The van der Waals surface area contributed by atoms with Crippen LogP contribution >= 0.6 is 0 Å². The zero-order chi connectivity index (χ0) is 40.8. The van der Waals surface area contributed by atoms with E-state index in [2.05, 4.69) is 54.7 Å². The molecule has 4 heterocycles. The van der Waals surface area contributed by atoms with Crippen LogP contribution in [0.15, 0.2) is 102 Å². The van der Waals surface area contributed by atoms with Crippen molar-refractivity contribution >= 4 is 35.3 Å². The predicted octanol–water partition coefficient (Wildman–Crippen LogP) is 11.5. The molecule has 3 aromatic carbocycles. The van der Waals surface area contributed by atoms with Crippen LogP contribution in [0.3, 0.4) is 0 Å². The van der Waals surface area contributed by atoms with E-state index in [4.69, 9.17) is 17.6 Å². The first-order chi connectivity index (χ1) is 26.2. The Kier molecular flexibility index (Phi) is 9.53. The topological polar surface area (TPSA) is 51.8 Å². The molecule has 0 spiro atoms. The van der Waals surface area contributed by atoms with Gasteiger partial charge < -0.3 is 14.4 Å². The van der Waals surface area contributed by atoms with Crippen molar-refractivity contribution in [2.45, 2.75) is 73.4 Å². The summed E-state index contributed by atoms with van der Waals surface area (Å²) in [6.07, 6.45) is 2.07. The number of pyridine rings is 3. The van der Waals surface area contributed by atoms with Crippen molar-refractivity contribution < 1.29 is 32.7 Å². The molecule has 0 atom stereocenters. The van der Waals surface area contributed by atoms with E-state index in [1.807, 2.05) is 88.4 Å². The molecular formula is C45H47IrN3OSi-2. The Bertz CT molecular complexity index is 2510. The first kappa shape index (κ1) is 30.4. The fourth-order valence-corrected chi connectivity index (χ4v) is 7.32. The minimum atomic E-state index is -2.16. The van der Waals surface area contributed by atoms with Crippen molar-refractivity contribution in [1.29, 1.82) is 0 Å². The molecule has 0 saturated carbocycles. The van der Waals surface area contributed by atoms with Crippen molar-refractivity contribution in [2.24, 2.45) is 5.92 Å². The van der Waals surface area contributed by atoms with Gasteiger partial charge in [-0.15, -0.1) is 53.1 Å². The number of nitrogens with zero attached hydrogens (tertiary/aromatic N) is 3. The van der Waals surface area contributed by atoms with Gasteiger partial charge in [-0.2, -0.15) is 0 Å². The molecule has 6 heteroatoms. The van der Waals surface area contributed by atoms with Gasteiger partial charge in [0.05, 0.1) is 19.4 Å². The third-order valence-electron chi connectivity index (χ3n) is 8.52. The molecule has 0 aliphatic heterocycles. The number of hydrogen-bond acceptors (Lipinski definition) is 4. The first-order valence-electron chi connectivity index (χ1n) is 20.0. The van der Waals surface area contributed by atoms with Gasteiger partial charge >= 0.3 is 0 Å². The van der Waals surface area contributed by atoms with Gasteiger partial charge in [0, 0.05) is 51.7 Å². The normalized spacial score (nSPS) is 14.0. The second kappa shape index (κ2) is 16.0. The number of aromatic nitrogens is 3. The number of hydrogen-bond donors (Lipinski definition) is 0. The van der Waals surface area contributed by atoms with Crippen LogP contribution in [0.25, 0.3) is 55.8 Å². The van der Waals surface area contributed by atoms with Crippen LogP contribution in [0.1, 0.15) is 64.1 Å². The number of fused-ring (bicyclic) bond motifs is 3. The van der Waals surface area contributed by atoms with Crippen molar-refractivity contribution in [2.75, 3.05) is 0 Å². The maximum atomic E-state index is 8.59. The summed E-state index contributed by atoms with van der Waals surface area (Å²) in [5, 5.41) is 3.02. The number of rotatable bonds is 7. The van der Waals surface area contributed by atoms with E-state index in [9.17, 15) is 0 Å². The largest absolute Gasteiger partial charge is 0.486 e.